The van der Waals surface area contributed by atoms with Gasteiger partial charge in [-0.05, 0) is 6.42 Å². The number of methoxy groups -OCH3 is 1. The SMILES string of the molecule is CO[C@H]1CCN(C(=O)C(N)C(F)(F)F)C1. The fraction of sp³-hybridized carbons (Fsp3) is 0.875. The second kappa shape index (κ2) is 4.36. The third-order valence-electron chi connectivity index (χ3n) is 2.41. The molecule has 4 nitrogen and oxygen atoms in total. The van der Waals surface area contributed by atoms with Crippen molar-refractivity contribution in [3.05, 3.63) is 0 Å². The van der Waals surface area contributed by atoms with Crippen molar-refractivity contribution < 1.29 is 22.7 Å². The van der Waals surface area contributed by atoms with Crippen LogP contribution in [0.15, 0.2) is 0 Å². The molecule has 1 amide bonds. The quantitative estimate of drug-likeness (QED) is 0.727. The van der Waals surface area contributed by atoms with Gasteiger partial charge >= 0.3 is 6.18 Å². The van der Waals surface area contributed by atoms with Gasteiger partial charge in [0.15, 0.2) is 6.04 Å². The number of likely N-dealkylation sites (tertiary alicyclic amines) is 1. The highest BCUT2D eigenvalue weighted by atomic mass is 19.4. The highest BCUT2D eigenvalue weighted by Gasteiger charge is 2.45. The summed E-state index contributed by atoms with van der Waals surface area (Å²) >= 11 is 0. The molecule has 0 aliphatic carbocycles. The highest BCUT2D eigenvalue weighted by Crippen LogP contribution is 2.22. The molecule has 88 valence electrons. The summed E-state index contributed by atoms with van der Waals surface area (Å²) in [4.78, 5) is 12.4. The number of ether oxygens (including phenoxy) is 1. The Bertz CT molecular complexity index is 245. The molecule has 1 heterocycles. The molecule has 2 atom stereocenters. The fourth-order valence-corrected chi connectivity index (χ4v) is 1.46. The van der Waals surface area contributed by atoms with Crippen molar-refractivity contribution in [1.29, 1.82) is 0 Å². The van der Waals surface area contributed by atoms with Gasteiger partial charge in [-0.25, -0.2) is 0 Å². The zero-order valence-corrected chi connectivity index (χ0v) is 8.25. The predicted molar refractivity (Wildman–Crippen MR) is 46.0 cm³/mol. The Morgan fingerprint density at radius 1 is 1.60 bits per heavy atom. The lowest BCUT2D eigenvalue weighted by Crippen LogP contribution is -2.51. The highest BCUT2D eigenvalue weighted by molar-refractivity contribution is 5.82. The number of alkyl halides is 3. The number of halogens is 3. The van der Waals surface area contributed by atoms with E-state index in [1.54, 1.807) is 0 Å². The van der Waals surface area contributed by atoms with Crippen molar-refractivity contribution in [3.8, 4) is 0 Å². The van der Waals surface area contributed by atoms with Crippen molar-refractivity contribution in [3.63, 3.8) is 0 Å². The summed E-state index contributed by atoms with van der Waals surface area (Å²) in [6.07, 6.45) is -4.32. The maximum atomic E-state index is 12.1. The van der Waals surface area contributed by atoms with Crippen LogP contribution in [0.5, 0.6) is 0 Å². The molecule has 0 radical (unpaired) electrons. The summed E-state index contributed by atoms with van der Waals surface area (Å²) in [7, 11) is 1.46. The Balaban J connectivity index is 2.55. The van der Waals surface area contributed by atoms with Gasteiger partial charge in [-0.1, -0.05) is 0 Å². The van der Waals surface area contributed by atoms with Crippen molar-refractivity contribution >= 4 is 5.91 Å². The standard InChI is InChI=1S/C8H13F3N2O2/c1-15-5-2-3-13(4-5)7(14)6(12)8(9,10)11/h5-6H,2-4,12H2,1H3/t5-,6?/m0/s1. The van der Waals surface area contributed by atoms with Gasteiger partial charge in [0.25, 0.3) is 0 Å². The molecular weight excluding hydrogens is 213 g/mol. The van der Waals surface area contributed by atoms with Crippen molar-refractivity contribution in [1.82, 2.24) is 4.90 Å². The molecule has 1 rings (SSSR count). The van der Waals surface area contributed by atoms with E-state index in [4.69, 9.17) is 10.5 Å². The molecule has 7 heteroatoms. The zero-order chi connectivity index (χ0) is 11.6. The molecule has 1 aliphatic rings. The van der Waals surface area contributed by atoms with E-state index >= 15 is 0 Å². The lowest BCUT2D eigenvalue weighted by Gasteiger charge is -2.22. The Kier molecular flexibility index (Phi) is 3.56. The molecular formula is C8H13F3N2O2. The molecule has 2 N–H and O–H groups in total. The normalized spacial score (nSPS) is 24.3. The molecule has 1 fully saturated rings. The number of hydrogen-bond acceptors (Lipinski definition) is 3. The smallest absolute Gasteiger partial charge is 0.380 e. The third kappa shape index (κ3) is 2.82. The van der Waals surface area contributed by atoms with Crippen LogP contribution in [-0.4, -0.2) is 49.3 Å². The molecule has 0 aromatic heterocycles. The zero-order valence-electron chi connectivity index (χ0n) is 8.25. The van der Waals surface area contributed by atoms with E-state index in [0.717, 1.165) is 4.90 Å². The van der Waals surface area contributed by atoms with Gasteiger partial charge in [-0.2, -0.15) is 13.2 Å². The lowest BCUT2D eigenvalue weighted by molar-refractivity contribution is -0.169. The molecule has 0 saturated carbocycles. The number of hydrogen-bond donors (Lipinski definition) is 1. The largest absolute Gasteiger partial charge is 0.412 e. The maximum Gasteiger partial charge on any atom is 0.412 e. The van der Waals surface area contributed by atoms with E-state index in [1.807, 2.05) is 0 Å². The molecule has 15 heavy (non-hydrogen) atoms. The van der Waals surface area contributed by atoms with Crippen molar-refractivity contribution in [2.75, 3.05) is 20.2 Å². The van der Waals surface area contributed by atoms with E-state index in [9.17, 15) is 18.0 Å². The maximum absolute atomic E-state index is 12.1. The lowest BCUT2D eigenvalue weighted by atomic mass is 10.2. The minimum atomic E-state index is -4.68. The van der Waals surface area contributed by atoms with Gasteiger partial charge in [-0.3, -0.25) is 4.79 Å². The number of carbonyl (C=O) groups is 1. The van der Waals surface area contributed by atoms with Gasteiger partial charge in [0, 0.05) is 20.2 Å². The molecule has 1 unspecified atom stereocenters. The molecule has 1 aliphatic heterocycles. The van der Waals surface area contributed by atoms with Gasteiger partial charge in [0.1, 0.15) is 0 Å². The van der Waals surface area contributed by atoms with Gasteiger partial charge in [0.2, 0.25) is 5.91 Å². The summed E-state index contributed by atoms with van der Waals surface area (Å²) in [5.74, 6) is -1.08. The average Bonchev–Trinajstić information content (AvgIpc) is 2.62. The number of amides is 1. The first-order valence-corrected chi connectivity index (χ1v) is 4.50. The van der Waals surface area contributed by atoms with Crippen molar-refractivity contribution in [2.45, 2.75) is 24.7 Å². The van der Waals surface area contributed by atoms with Crippen LogP contribution in [0, 0.1) is 0 Å². The van der Waals surface area contributed by atoms with Crippen LogP contribution < -0.4 is 5.73 Å². The van der Waals surface area contributed by atoms with E-state index in [1.165, 1.54) is 7.11 Å². The topological polar surface area (TPSA) is 55.6 Å². The van der Waals surface area contributed by atoms with Crippen LogP contribution in [0.3, 0.4) is 0 Å². The summed E-state index contributed by atoms with van der Waals surface area (Å²) in [5, 5.41) is 0. The summed E-state index contributed by atoms with van der Waals surface area (Å²) in [6, 6.07) is -2.42. The minimum Gasteiger partial charge on any atom is -0.380 e. The van der Waals surface area contributed by atoms with Crippen LogP contribution in [-0.2, 0) is 9.53 Å². The van der Waals surface area contributed by atoms with Crippen LogP contribution in [0.2, 0.25) is 0 Å². The summed E-state index contributed by atoms with van der Waals surface area (Å²) in [6.45, 7) is 0.445. The van der Waals surface area contributed by atoms with E-state index in [-0.39, 0.29) is 19.2 Å². The summed E-state index contributed by atoms with van der Waals surface area (Å²) < 4.78 is 41.3. The summed E-state index contributed by atoms with van der Waals surface area (Å²) in [5.41, 5.74) is 4.80. The Hall–Kier alpha value is -0.820. The van der Waals surface area contributed by atoms with Crippen molar-refractivity contribution in [2.24, 2.45) is 5.73 Å². The second-order valence-electron chi connectivity index (χ2n) is 3.45. The second-order valence-corrected chi connectivity index (χ2v) is 3.45. The monoisotopic (exact) mass is 226 g/mol. The number of rotatable bonds is 2. The molecule has 0 aromatic carbocycles. The third-order valence-corrected chi connectivity index (χ3v) is 2.41. The van der Waals surface area contributed by atoms with Crippen LogP contribution in [0.4, 0.5) is 13.2 Å². The van der Waals surface area contributed by atoms with E-state index < -0.39 is 18.1 Å². The van der Waals surface area contributed by atoms with Crippen LogP contribution in [0.25, 0.3) is 0 Å². The van der Waals surface area contributed by atoms with E-state index in [2.05, 4.69) is 0 Å². The Morgan fingerprint density at radius 3 is 2.60 bits per heavy atom. The number of carbonyl (C=O) groups excluding carboxylic acids is 1. The first-order chi connectivity index (χ1) is 6.86. The number of nitrogens with zero attached hydrogens (tertiary/aromatic N) is 1. The average molecular weight is 226 g/mol. The van der Waals surface area contributed by atoms with Crippen LogP contribution in [0.1, 0.15) is 6.42 Å². The van der Waals surface area contributed by atoms with Crippen LogP contribution >= 0.6 is 0 Å². The van der Waals surface area contributed by atoms with E-state index in [0.29, 0.717) is 6.42 Å². The first kappa shape index (κ1) is 12.3. The predicted octanol–water partition coefficient (Wildman–Crippen LogP) is 0.123. The Labute approximate surface area is 85.2 Å². The molecule has 0 spiro atoms. The van der Waals surface area contributed by atoms with Gasteiger partial charge < -0.3 is 15.4 Å². The Morgan fingerprint density at radius 2 is 2.20 bits per heavy atom. The molecule has 1 saturated heterocycles. The fourth-order valence-electron chi connectivity index (χ4n) is 1.46. The number of nitrogens with two attached hydrogens (primary N) is 1. The van der Waals surface area contributed by atoms with Gasteiger partial charge in [0.05, 0.1) is 6.10 Å². The molecule has 0 aromatic rings. The van der Waals surface area contributed by atoms with Gasteiger partial charge in [-0.15, -0.1) is 0 Å². The first-order valence-electron chi connectivity index (χ1n) is 4.50. The molecule has 0 bridgehead atoms. The minimum absolute atomic E-state index is 0.180.